The van der Waals surface area contributed by atoms with E-state index in [0.717, 1.165) is 30.9 Å². The van der Waals surface area contributed by atoms with Crippen molar-refractivity contribution in [1.29, 1.82) is 0 Å². The van der Waals surface area contributed by atoms with Gasteiger partial charge in [0.25, 0.3) is 5.91 Å². The van der Waals surface area contributed by atoms with Gasteiger partial charge in [0.15, 0.2) is 0 Å². The predicted octanol–water partition coefficient (Wildman–Crippen LogP) is 4.73. The molecule has 27 heavy (non-hydrogen) atoms. The summed E-state index contributed by atoms with van der Waals surface area (Å²) in [5.41, 5.74) is 1.26. The van der Waals surface area contributed by atoms with E-state index in [1.54, 1.807) is 6.07 Å². The maximum absolute atomic E-state index is 13.2. The third kappa shape index (κ3) is 3.35. The standard InChI is InChI=1S/C21H23Cl2N3O/c1-26-13-14-7-10-21(26,11-8-14)18(15-5-3-2-4-6-15)25-20(27)17-16(22)9-12-24-19(17)23/h2-6,9,12,14,18H,7-8,10-11,13H2,1H3,(H,25,27)/t14?,18-,21?/m1/s1. The van der Waals surface area contributed by atoms with Crippen molar-refractivity contribution >= 4 is 29.1 Å². The number of hydrogen-bond donors (Lipinski definition) is 1. The molecule has 5 rings (SSSR count). The first kappa shape index (κ1) is 18.7. The van der Waals surface area contributed by atoms with Crippen LogP contribution in [0.4, 0.5) is 0 Å². The van der Waals surface area contributed by atoms with Crippen molar-refractivity contribution in [2.24, 2.45) is 5.92 Å². The third-order valence-electron chi connectivity index (χ3n) is 6.29. The lowest BCUT2D eigenvalue weighted by Crippen LogP contribution is -2.62. The van der Waals surface area contributed by atoms with E-state index in [0.29, 0.717) is 5.02 Å². The smallest absolute Gasteiger partial charge is 0.256 e. The minimum Gasteiger partial charge on any atom is -0.343 e. The molecule has 2 aliphatic heterocycles. The molecule has 2 aromatic rings. The van der Waals surface area contributed by atoms with E-state index in [2.05, 4.69) is 34.4 Å². The first-order valence-corrected chi connectivity index (χ1v) is 10.1. The van der Waals surface area contributed by atoms with Crippen LogP contribution in [0.3, 0.4) is 0 Å². The van der Waals surface area contributed by atoms with Gasteiger partial charge in [0.1, 0.15) is 5.15 Å². The number of benzene rings is 1. The van der Waals surface area contributed by atoms with Crippen LogP contribution >= 0.6 is 23.2 Å². The second kappa shape index (κ2) is 7.42. The summed E-state index contributed by atoms with van der Waals surface area (Å²) in [6, 6.07) is 11.7. The van der Waals surface area contributed by atoms with Crippen molar-refractivity contribution in [3.8, 4) is 0 Å². The van der Waals surface area contributed by atoms with Crippen molar-refractivity contribution in [1.82, 2.24) is 15.2 Å². The van der Waals surface area contributed by atoms with Crippen molar-refractivity contribution in [3.05, 3.63) is 63.9 Å². The number of aromatic nitrogens is 1. The van der Waals surface area contributed by atoms with Gasteiger partial charge < -0.3 is 5.32 Å². The normalized spacial score (nSPS) is 26.0. The Balaban J connectivity index is 1.72. The number of carbonyl (C=O) groups is 1. The average Bonchev–Trinajstić information content (AvgIpc) is 2.67. The summed E-state index contributed by atoms with van der Waals surface area (Å²) in [6.07, 6.45) is 6.06. The monoisotopic (exact) mass is 403 g/mol. The summed E-state index contributed by atoms with van der Waals surface area (Å²) < 4.78 is 0. The predicted molar refractivity (Wildman–Crippen MR) is 108 cm³/mol. The van der Waals surface area contributed by atoms with Crippen LogP contribution in [-0.4, -0.2) is 34.9 Å². The molecule has 1 aliphatic carbocycles. The van der Waals surface area contributed by atoms with Crippen LogP contribution in [0.15, 0.2) is 42.6 Å². The number of fused-ring (bicyclic) bond motifs is 3. The summed E-state index contributed by atoms with van der Waals surface area (Å²) >= 11 is 12.4. The summed E-state index contributed by atoms with van der Waals surface area (Å²) in [4.78, 5) is 19.6. The molecule has 0 unspecified atom stereocenters. The van der Waals surface area contributed by atoms with Crippen LogP contribution in [0.1, 0.15) is 47.6 Å². The van der Waals surface area contributed by atoms with E-state index in [-0.39, 0.29) is 28.2 Å². The van der Waals surface area contributed by atoms with Crippen molar-refractivity contribution in [2.45, 2.75) is 37.3 Å². The number of pyridine rings is 1. The average molecular weight is 404 g/mol. The van der Waals surface area contributed by atoms with Gasteiger partial charge in [0, 0.05) is 18.3 Å². The molecule has 3 heterocycles. The van der Waals surface area contributed by atoms with Gasteiger partial charge in [-0.15, -0.1) is 0 Å². The molecule has 1 N–H and O–H groups in total. The number of carbonyl (C=O) groups excluding carboxylic acids is 1. The number of hydrogen-bond acceptors (Lipinski definition) is 3. The first-order valence-electron chi connectivity index (χ1n) is 9.38. The van der Waals surface area contributed by atoms with Crippen molar-refractivity contribution in [2.75, 3.05) is 13.6 Å². The SMILES string of the molecule is CN1CC2CCC1([C@H](NC(=O)c1c(Cl)ccnc1Cl)c1ccccc1)CC2. The Labute approximate surface area is 169 Å². The topological polar surface area (TPSA) is 45.2 Å². The van der Waals surface area contributed by atoms with Crippen LogP contribution in [0.25, 0.3) is 0 Å². The number of piperidine rings is 2. The van der Waals surface area contributed by atoms with Crippen LogP contribution < -0.4 is 5.32 Å². The molecule has 6 heteroatoms. The highest BCUT2D eigenvalue weighted by Gasteiger charge is 2.50. The molecule has 2 saturated heterocycles. The van der Waals surface area contributed by atoms with Gasteiger partial charge in [0.05, 0.1) is 16.6 Å². The van der Waals surface area contributed by atoms with Gasteiger partial charge in [-0.25, -0.2) is 4.98 Å². The van der Waals surface area contributed by atoms with Gasteiger partial charge in [-0.3, -0.25) is 9.69 Å². The summed E-state index contributed by atoms with van der Waals surface area (Å²) in [5.74, 6) is 0.494. The molecule has 1 amide bonds. The van der Waals surface area contributed by atoms with Crippen LogP contribution in [-0.2, 0) is 0 Å². The van der Waals surface area contributed by atoms with E-state index in [1.165, 1.54) is 19.0 Å². The number of rotatable bonds is 4. The Hall–Kier alpha value is -1.62. The highest BCUT2D eigenvalue weighted by Crippen LogP contribution is 2.49. The molecule has 4 nitrogen and oxygen atoms in total. The van der Waals surface area contributed by atoms with E-state index >= 15 is 0 Å². The minimum absolute atomic E-state index is 0.0904. The molecule has 1 saturated carbocycles. The van der Waals surface area contributed by atoms with E-state index in [9.17, 15) is 4.79 Å². The fraction of sp³-hybridized carbons (Fsp3) is 0.429. The highest BCUT2D eigenvalue weighted by atomic mass is 35.5. The lowest BCUT2D eigenvalue weighted by Gasteiger charge is -2.57. The van der Waals surface area contributed by atoms with Crippen molar-refractivity contribution < 1.29 is 4.79 Å². The van der Waals surface area contributed by atoms with Crippen LogP contribution in [0.5, 0.6) is 0 Å². The fourth-order valence-electron chi connectivity index (χ4n) is 4.81. The third-order valence-corrected chi connectivity index (χ3v) is 6.89. The number of nitrogens with zero attached hydrogens (tertiary/aromatic N) is 2. The Kier molecular flexibility index (Phi) is 5.15. The Morgan fingerprint density at radius 2 is 1.93 bits per heavy atom. The van der Waals surface area contributed by atoms with E-state index < -0.39 is 0 Å². The zero-order chi connectivity index (χ0) is 19.0. The Morgan fingerprint density at radius 3 is 2.56 bits per heavy atom. The molecular weight excluding hydrogens is 381 g/mol. The number of likely N-dealkylation sites (N-methyl/N-ethyl adjacent to an activating group) is 1. The largest absolute Gasteiger partial charge is 0.343 e. The molecule has 0 radical (unpaired) electrons. The molecule has 1 atom stereocenters. The van der Waals surface area contributed by atoms with Crippen LogP contribution in [0, 0.1) is 5.92 Å². The van der Waals surface area contributed by atoms with Gasteiger partial charge in [0.2, 0.25) is 0 Å². The molecule has 142 valence electrons. The molecule has 1 aromatic heterocycles. The highest BCUT2D eigenvalue weighted by molar-refractivity contribution is 6.38. The molecule has 0 spiro atoms. The zero-order valence-corrected chi connectivity index (χ0v) is 16.8. The van der Waals surface area contributed by atoms with Crippen LogP contribution in [0.2, 0.25) is 10.2 Å². The minimum atomic E-state index is -0.276. The van der Waals surface area contributed by atoms with Crippen molar-refractivity contribution in [3.63, 3.8) is 0 Å². The maximum Gasteiger partial charge on any atom is 0.256 e. The molecule has 1 aromatic carbocycles. The fourth-order valence-corrected chi connectivity index (χ4v) is 5.34. The Morgan fingerprint density at radius 1 is 1.22 bits per heavy atom. The second-order valence-electron chi connectivity index (χ2n) is 7.70. The van der Waals surface area contributed by atoms with E-state index in [4.69, 9.17) is 23.2 Å². The number of halogens is 2. The molecule has 2 bridgehead atoms. The van der Waals surface area contributed by atoms with Gasteiger partial charge in [-0.05, 0) is 50.3 Å². The van der Waals surface area contributed by atoms with Gasteiger partial charge >= 0.3 is 0 Å². The Bertz CT molecular complexity index is 814. The number of amides is 1. The summed E-state index contributed by atoms with van der Waals surface area (Å²) in [7, 11) is 2.18. The summed E-state index contributed by atoms with van der Waals surface area (Å²) in [6.45, 7) is 1.08. The molecule has 3 fully saturated rings. The molecular formula is C21H23Cl2N3O. The maximum atomic E-state index is 13.2. The van der Waals surface area contributed by atoms with Gasteiger partial charge in [-0.1, -0.05) is 53.5 Å². The first-order chi connectivity index (χ1) is 13.0. The summed E-state index contributed by atoms with van der Waals surface area (Å²) in [5, 5.41) is 3.71. The second-order valence-corrected chi connectivity index (χ2v) is 8.47. The lowest BCUT2D eigenvalue weighted by molar-refractivity contribution is -0.0404. The van der Waals surface area contributed by atoms with Gasteiger partial charge in [-0.2, -0.15) is 0 Å². The lowest BCUT2D eigenvalue weighted by atomic mass is 9.66. The zero-order valence-electron chi connectivity index (χ0n) is 15.3. The number of nitrogens with one attached hydrogen (secondary N) is 1. The molecule has 3 aliphatic rings. The van der Waals surface area contributed by atoms with E-state index in [1.807, 2.05) is 18.2 Å². The quantitative estimate of drug-likeness (QED) is 0.750.